The molecule has 19 heavy (non-hydrogen) atoms. The molecule has 0 bridgehead atoms. The number of carbonyl (C=O) groups is 2. The summed E-state index contributed by atoms with van der Waals surface area (Å²) in [6.45, 7) is 2.39. The molecule has 0 aromatic carbocycles. The summed E-state index contributed by atoms with van der Waals surface area (Å²) in [5, 5.41) is 11.9. The van der Waals surface area contributed by atoms with Gasteiger partial charge < -0.3 is 25.0 Å². The first-order valence-corrected chi connectivity index (χ1v) is 6.65. The molecule has 0 aromatic heterocycles. The minimum atomic E-state index is -1.02. The highest BCUT2D eigenvalue weighted by molar-refractivity contribution is 5.83. The number of carboxylic acids is 1. The molecule has 0 radical (unpaired) electrons. The zero-order valence-corrected chi connectivity index (χ0v) is 11.2. The smallest absolute Gasteiger partial charge is 0.328 e. The van der Waals surface area contributed by atoms with Crippen molar-refractivity contribution in [3.05, 3.63) is 0 Å². The number of likely N-dealkylation sites (N-methyl/N-ethyl adjacent to an activating group) is 1. The van der Waals surface area contributed by atoms with Crippen molar-refractivity contribution in [2.45, 2.75) is 24.9 Å². The topological polar surface area (TPSA) is 82.1 Å². The fourth-order valence-electron chi connectivity index (χ4n) is 2.60. The number of carbonyl (C=O) groups excluding carboxylic acids is 1. The van der Waals surface area contributed by atoms with Gasteiger partial charge in [0.25, 0.3) is 0 Å². The van der Waals surface area contributed by atoms with Crippen molar-refractivity contribution in [3.63, 3.8) is 0 Å². The van der Waals surface area contributed by atoms with Gasteiger partial charge >= 0.3 is 12.0 Å². The Morgan fingerprint density at radius 2 is 2.21 bits per heavy atom. The number of nitrogens with zero attached hydrogens (tertiary/aromatic N) is 2. The highest BCUT2D eigenvalue weighted by Crippen LogP contribution is 2.14. The quantitative estimate of drug-likeness (QED) is 0.728. The molecule has 0 saturated carbocycles. The van der Waals surface area contributed by atoms with E-state index in [2.05, 4.69) is 10.2 Å². The molecule has 2 aliphatic rings. The van der Waals surface area contributed by atoms with E-state index in [1.54, 1.807) is 0 Å². The lowest BCUT2D eigenvalue weighted by Gasteiger charge is -2.33. The standard InChI is InChI=1S/C12H21N3O4/c1-14-4-2-3-9(14)7-13-12(18)15-5-6-19-8-10(15)11(16)17/h9-10H,2-8H2,1H3,(H,13,18)(H,16,17). The van der Waals surface area contributed by atoms with Crippen molar-refractivity contribution in [2.75, 3.05) is 39.9 Å². The van der Waals surface area contributed by atoms with Gasteiger partial charge in [-0.25, -0.2) is 9.59 Å². The van der Waals surface area contributed by atoms with Crippen LogP contribution in [0.2, 0.25) is 0 Å². The van der Waals surface area contributed by atoms with E-state index in [-0.39, 0.29) is 12.6 Å². The van der Waals surface area contributed by atoms with Crippen LogP contribution < -0.4 is 5.32 Å². The van der Waals surface area contributed by atoms with Crippen LogP contribution in [0.25, 0.3) is 0 Å². The van der Waals surface area contributed by atoms with Gasteiger partial charge in [0, 0.05) is 19.1 Å². The Hall–Kier alpha value is -1.34. The Morgan fingerprint density at radius 3 is 2.84 bits per heavy atom. The highest BCUT2D eigenvalue weighted by Gasteiger charge is 2.33. The van der Waals surface area contributed by atoms with E-state index in [1.807, 2.05) is 7.05 Å². The van der Waals surface area contributed by atoms with Crippen LogP contribution in [-0.2, 0) is 9.53 Å². The molecule has 2 atom stereocenters. The number of nitrogens with one attached hydrogen (secondary N) is 1. The van der Waals surface area contributed by atoms with Gasteiger partial charge in [0.2, 0.25) is 0 Å². The molecule has 2 aliphatic heterocycles. The van der Waals surface area contributed by atoms with Crippen molar-refractivity contribution >= 4 is 12.0 Å². The molecule has 2 fully saturated rings. The maximum absolute atomic E-state index is 12.1. The van der Waals surface area contributed by atoms with Crippen LogP contribution in [0.4, 0.5) is 4.79 Å². The van der Waals surface area contributed by atoms with Gasteiger partial charge in [0.05, 0.1) is 13.2 Å². The number of rotatable bonds is 3. The zero-order chi connectivity index (χ0) is 13.8. The van der Waals surface area contributed by atoms with E-state index in [9.17, 15) is 9.59 Å². The molecule has 0 aromatic rings. The van der Waals surface area contributed by atoms with Gasteiger partial charge in [-0.05, 0) is 26.4 Å². The van der Waals surface area contributed by atoms with Crippen LogP contribution in [0, 0.1) is 0 Å². The van der Waals surface area contributed by atoms with Gasteiger partial charge in [-0.2, -0.15) is 0 Å². The molecular weight excluding hydrogens is 250 g/mol. The maximum Gasteiger partial charge on any atom is 0.328 e. The summed E-state index contributed by atoms with van der Waals surface area (Å²) >= 11 is 0. The third-order valence-electron chi connectivity index (χ3n) is 3.83. The van der Waals surface area contributed by atoms with Crippen molar-refractivity contribution in [3.8, 4) is 0 Å². The molecular formula is C12H21N3O4. The van der Waals surface area contributed by atoms with Gasteiger partial charge in [-0.15, -0.1) is 0 Å². The first-order chi connectivity index (χ1) is 9.09. The predicted octanol–water partition coefficient (Wildman–Crippen LogP) is -0.424. The Bertz CT molecular complexity index is 350. The summed E-state index contributed by atoms with van der Waals surface area (Å²) in [4.78, 5) is 26.7. The minimum Gasteiger partial charge on any atom is -0.480 e. The summed E-state index contributed by atoms with van der Waals surface area (Å²) in [5.41, 5.74) is 0. The van der Waals surface area contributed by atoms with E-state index in [1.165, 1.54) is 4.90 Å². The second-order valence-electron chi connectivity index (χ2n) is 5.09. The zero-order valence-electron chi connectivity index (χ0n) is 11.2. The van der Waals surface area contributed by atoms with Crippen molar-refractivity contribution in [1.82, 2.24) is 15.1 Å². The Balaban J connectivity index is 1.85. The normalized spacial score (nSPS) is 28.4. The lowest BCUT2D eigenvalue weighted by Crippen LogP contribution is -2.56. The van der Waals surface area contributed by atoms with Gasteiger partial charge in [-0.1, -0.05) is 0 Å². The molecule has 2 saturated heterocycles. The molecule has 7 nitrogen and oxygen atoms in total. The van der Waals surface area contributed by atoms with Crippen molar-refractivity contribution < 1.29 is 19.4 Å². The van der Waals surface area contributed by atoms with Crippen LogP contribution in [0.15, 0.2) is 0 Å². The average Bonchev–Trinajstić information content (AvgIpc) is 2.81. The summed E-state index contributed by atoms with van der Waals surface area (Å²) < 4.78 is 5.11. The van der Waals surface area contributed by atoms with Crippen molar-refractivity contribution in [1.29, 1.82) is 0 Å². The summed E-state index contributed by atoms with van der Waals surface area (Å²) in [6, 6.07) is -0.834. The molecule has 2 unspecified atom stereocenters. The average molecular weight is 271 g/mol. The Morgan fingerprint density at radius 1 is 1.42 bits per heavy atom. The largest absolute Gasteiger partial charge is 0.480 e. The third-order valence-corrected chi connectivity index (χ3v) is 3.83. The van der Waals surface area contributed by atoms with Gasteiger partial charge in [0.1, 0.15) is 0 Å². The summed E-state index contributed by atoms with van der Waals surface area (Å²) in [6.07, 6.45) is 2.22. The van der Waals surface area contributed by atoms with E-state index in [4.69, 9.17) is 9.84 Å². The summed E-state index contributed by atoms with van der Waals surface area (Å²) in [5.74, 6) is -1.02. The lowest BCUT2D eigenvalue weighted by molar-refractivity contribution is -0.147. The number of aliphatic carboxylic acids is 1. The second-order valence-corrected chi connectivity index (χ2v) is 5.09. The minimum absolute atomic E-state index is 0.0616. The summed E-state index contributed by atoms with van der Waals surface area (Å²) in [7, 11) is 2.04. The second kappa shape index (κ2) is 6.21. The number of urea groups is 1. The van der Waals surface area contributed by atoms with Crippen LogP contribution in [0.3, 0.4) is 0 Å². The lowest BCUT2D eigenvalue weighted by atomic mass is 10.2. The van der Waals surface area contributed by atoms with Gasteiger partial charge in [-0.3, -0.25) is 0 Å². The first-order valence-electron chi connectivity index (χ1n) is 6.65. The number of hydrogen-bond acceptors (Lipinski definition) is 4. The molecule has 2 amide bonds. The van der Waals surface area contributed by atoms with E-state index < -0.39 is 12.0 Å². The Labute approximate surface area is 112 Å². The van der Waals surface area contributed by atoms with Crippen LogP contribution >= 0.6 is 0 Å². The van der Waals surface area contributed by atoms with Crippen LogP contribution in [0.5, 0.6) is 0 Å². The van der Waals surface area contributed by atoms with E-state index >= 15 is 0 Å². The predicted molar refractivity (Wildman–Crippen MR) is 68.0 cm³/mol. The van der Waals surface area contributed by atoms with Gasteiger partial charge in [0.15, 0.2) is 6.04 Å². The Kier molecular flexibility index (Phi) is 4.60. The molecule has 0 aliphatic carbocycles. The first kappa shape index (κ1) is 14.1. The number of morpholine rings is 1. The fraction of sp³-hybridized carbons (Fsp3) is 0.833. The number of ether oxygens (including phenoxy) is 1. The number of likely N-dealkylation sites (tertiary alicyclic amines) is 1. The molecule has 0 spiro atoms. The monoisotopic (exact) mass is 271 g/mol. The van der Waals surface area contributed by atoms with Crippen molar-refractivity contribution in [2.24, 2.45) is 0 Å². The van der Waals surface area contributed by atoms with E-state index in [0.29, 0.717) is 25.7 Å². The molecule has 2 N–H and O–H groups in total. The van der Waals surface area contributed by atoms with Crippen LogP contribution in [-0.4, -0.2) is 78.9 Å². The molecule has 2 rings (SSSR count). The number of amides is 2. The number of carboxylic acid groups (broad SMARTS) is 1. The SMILES string of the molecule is CN1CCCC1CNC(=O)N1CCOCC1C(=O)O. The van der Waals surface area contributed by atoms with Crippen LogP contribution in [0.1, 0.15) is 12.8 Å². The van der Waals surface area contributed by atoms with E-state index in [0.717, 1.165) is 19.4 Å². The maximum atomic E-state index is 12.1. The fourth-order valence-corrected chi connectivity index (χ4v) is 2.60. The highest BCUT2D eigenvalue weighted by atomic mass is 16.5. The molecule has 7 heteroatoms. The molecule has 108 valence electrons. The third kappa shape index (κ3) is 3.36. The molecule has 2 heterocycles. The number of hydrogen-bond donors (Lipinski definition) is 2.